The van der Waals surface area contributed by atoms with Crippen molar-refractivity contribution in [2.75, 3.05) is 5.32 Å². The van der Waals surface area contributed by atoms with Crippen LogP contribution in [-0.2, 0) is 10.0 Å². The summed E-state index contributed by atoms with van der Waals surface area (Å²) >= 11 is 4.59. The van der Waals surface area contributed by atoms with E-state index < -0.39 is 10.0 Å². The van der Waals surface area contributed by atoms with Gasteiger partial charge < -0.3 is 5.32 Å². The molecule has 0 spiro atoms. The van der Waals surface area contributed by atoms with Gasteiger partial charge in [-0.1, -0.05) is 0 Å². The van der Waals surface area contributed by atoms with Crippen molar-refractivity contribution in [3.63, 3.8) is 0 Å². The van der Waals surface area contributed by atoms with Crippen molar-refractivity contribution in [1.29, 1.82) is 0 Å². The summed E-state index contributed by atoms with van der Waals surface area (Å²) in [6, 6.07) is 0. The number of hydrogen-bond acceptors (Lipinski definition) is 4. The maximum atomic E-state index is 11.5. The monoisotopic (exact) mass is 280 g/mol. The van der Waals surface area contributed by atoms with Crippen LogP contribution in [0.2, 0.25) is 0 Å². The molecule has 1 aliphatic rings. The molecule has 70 valence electrons. The second-order valence-electron chi connectivity index (χ2n) is 2.53. The van der Waals surface area contributed by atoms with Crippen LogP contribution in [0.4, 0.5) is 5.69 Å². The molecule has 0 bridgehead atoms. The highest BCUT2D eigenvalue weighted by Crippen LogP contribution is 2.38. The average molecular weight is 281 g/mol. The van der Waals surface area contributed by atoms with Crippen LogP contribution in [0.1, 0.15) is 6.92 Å². The summed E-state index contributed by atoms with van der Waals surface area (Å²) < 4.78 is 27.2. The zero-order valence-corrected chi connectivity index (χ0v) is 9.75. The van der Waals surface area contributed by atoms with Crippen molar-refractivity contribution in [2.24, 2.45) is 4.40 Å². The molecular weight excluding hydrogens is 276 g/mol. The Morgan fingerprint density at radius 3 is 3.00 bits per heavy atom. The summed E-state index contributed by atoms with van der Waals surface area (Å²) in [5.74, 6) is 0.395. The second kappa shape index (κ2) is 2.79. The Morgan fingerprint density at radius 1 is 1.62 bits per heavy atom. The van der Waals surface area contributed by atoms with Crippen molar-refractivity contribution in [2.45, 2.75) is 11.8 Å². The van der Waals surface area contributed by atoms with Crippen molar-refractivity contribution in [3.05, 3.63) is 9.17 Å². The minimum absolute atomic E-state index is 0.245. The van der Waals surface area contributed by atoms with Crippen LogP contribution < -0.4 is 5.32 Å². The number of fused-ring (bicyclic) bond motifs is 1. The zero-order chi connectivity index (χ0) is 9.64. The highest BCUT2D eigenvalue weighted by Gasteiger charge is 2.26. The van der Waals surface area contributed by atoms with Crippen LogP contribution in [0.15, 0.2) is 18.5 Å². The molecule has 0 amide bonds. The van der Waals surface area contributed by atoms with E-state index in [0.29, 0.717) is 11.5 Å². The molecule has 0 fully saturated rings. The molecule has 0 saturated carbocycles. The molecule has 1 N–H and O–H groups in total. The lowest BCUT2D eigenvalue weighted by Crippen LogP contribution is -2.17. The van der Waals surface area contributed by atoms with Gasteiger partial charge in [0, 0.05) is 5.38 Å². The Labute approximate surface area is 87.9 Å². The van der Waals surface area contributed by atoms with Crippen molar-refractivity contribution in [3.8, 4) is 0 Å². The van der Waals surface area contributed by atoms with Gasteiger partial charge in [0.2, 0.25) is 0 Å². The third kappa shape index (κ3) is 1.40. The molecular formula is C6H5BrN2O2S2. The molecule has 0 atom stereocenters. The highest BCUT2D eigenvalue weighted by molar-refractivity contribution is 9.11. The summed E-state index contributed by atoms with van der Waals surface area (Å²) in [6.45, 7) is 1.62. The molecule has 0 saturated heterocycles. The lowest BCUT2D eigenvalue weighted by molar-refractivity contribution is 0.598. The van der Waals surface area contributed by atoms with Gasteiger partial charge in [-0.05, 0) is 22.9 Å². The van der Waals surface area contributed by atoms with Crippen LogP contribution in [0, 0.1) is 0 Å². The first-order valence-electron chi connectivity index (χ1n) is 3.36. The Hall–Kier alpha value is -0.400. The number of halogens is 1. The number of hydrogen-bond donors (Lipinski definition) is 1. The van der Waals surface area contributed by atoms with Gasteiger partial charge in [-0.15, -0.1) is 15.7 Å². The first kappa shape index (κ1) is 9.17. The van der Waals surface area contributed by atoms with Crippen LogP contribution in [0.25, 0.3) is 0 Å². The van der Waals surface area contributed by atoms with Gasteiger partial charge in [-0.25, -0.2) is 0 Å². The molecule has 2 rings (SSSR count). The van der Waals surface area contributed by atoms with E-state index in [1.54, 1.807) is 12.3 Å². The normalized spacial score (nSPS) is 18.8. The largest absolute Gasteiger partial charge is 0.341 e. The standard InChI is InChI=1S/C6H5BrN2O2S2/c1-3-8-5-4(2-12-6(5)7)13(10,11)9-3/h2H,1H3,(H,8,9). The van der Waals surface area contributed by atoms with Gasteiger partial charge in [-0.2, -0.15) is 8.42 Å². The number of rotatable bonds is 0. The Balaban J connectivity index is 2.74. The highest BCUT2D eigenvalue weighted by atomic mass is 79.9. The maximum absolute atomic E-state index is 11.5. The summed E-state index contributed by atoms with van der Waals surface area (Å²) in [7, 11) is -3.46. The molecule has 0 aromatic carbocycles. The summed E-state index contributed by atoms with van der Waals surface area (Å²) in [6.07, 6.45) is 0. The Morgan fingerprint density at radius 2 is 2.31 bits per heavy atom. The fraction of sp³-hybridized carbons (Fsp3) is 0.167. The Bertz CT molecular complexity index is 489. The molecule has 7 heteroatoms. The van der Waals surface area contributed by atoms with Gasteiger partial charge in [0.25, 0.3) is 10.0 Å². The maximum Gasteiger partial charge on any atom is 0.286 e. The molecule has 0 aliphatic carbocycles. The van der Waals surface area contributed by atoms with Crippen molar-refractivity contribution < 1.29 is 8.42 Å². The molecule has 0 unspecified atom stereocenters. The second-order valence-corrected chi connectivity index (χ2v) is 6.30. The minimum Gasteiger partial charge on any atom is -0.341 e. The lowest BCUT2D eigenvalue weighted by Gasteiger charge is -2.12. The molecule has 4 nitrogen and oxygen atoms in total. The van der Waals surface area contributed by atoms with Crippen LogP contribution in [0.5, 0.6) is 0 Å². The quantitative estimate of drug-likeness (QED) is 0.791. The van der Waals surface area contributed by atoms with Gasteiger partial charge >= 0.3 is 0 Å². The van der Waals surface area contributed by atoms with Crippen LogP contribution in [-0.4, -0.2) is 14.3 Å². The summed E-state index contributed by atoms with van der Waals surface area (Å²) in [5.41, 5.74) is 0.595. The third-order valence-electron chi connectivity index (χ3n) is 1.55. The van der Waals surface area contributed by atoms with Crippen molar-refractivity contribution >= 4 is 48.8 Å². The molecule has 1 aliphatic heterocycles. The topological polar surface area (TPSA) is 58.5 Å². The number of nitrogens with one attached hydrogen (secondary N) is 1. The van der Waals surface area contributed by atoms with Crippen LogP contribution in [0.3, 0.4) is 0 Å². The average Bonchev–Trinajstić information content (AvgIpc) is 2.31. The van der Waals surface area contributed by atoms with E-state index in [1.165, 1.54) is 11.3 Å². The first-order chi connectivity index (χ1) is 6.00. The molecule has 0 radical (unpaired) electrons. The third-order valence-corrected chi connectivity index (χ3v) is 4.82. The fourth-order valence-corrected chi connectivity index (χ4v) is 4.00. The van der Waals surface area contributed by atoms with E-state index in [4.69, 9.17) is 0 Å². The predicted octanol–water partition coefficient (Wildman–Crippen LogP) is 2.04. The van der Waals surface area contributed by atoms with E-state index >= 15 is 0 Å². The van der Waals surface area contributed by atoms with Gasteiger partial charge in [0.15, 0.2) is 0 Å². The zero-order valence-electron chi connectivity index (χ0n) is 6.54. The van der Waals surface area contributed by atoms with E-state index in [-0.39, 0.29) is 4.90 Å². The molecule has 1 aromatic heterocycles. The number of amidine groups is 1. The predicted molar refractivity (Wildman–Crippen MR) is 55.9 cm³/mol. The fourth-order valence-electron chi connectivity index (χ4n) is 1.05. The molecule has 2 heterocycles. The smallest absolute Gasteiger partial charge is 0.286 e. The summed E-state index contributed by atoms with van der Waals surface area (Å²) in [4.78, 5) is 0.245. The minimum atomic E-state index is -3.46. The SMILES string of the molecule is CC1=NS(=O)(=O)c2csc(Br)c2N1. The van der Waals surface area contributed by atoms with E-state index in [1.807, 2.05) is 0 Å². The van der Waals surface area contributed by atoms with E-state index in [0.717, 1.165) is 3.79 Å². The van der Waals surface area contributed by atoms with Gasteiger partial charge in [0.05, 0.1) is 9.47 Å². The number of anilines is 1. The number of nitrogens with zero attached hydrogens (tertiary/aromatic N) is 1. The van der Waals surface area contributed by atoms with Crippen molar-refractivity contribution in [1.82, 2.24) is 0 Å². The lowest BCUT2D eigenvalue weighted by atomic mass is 10.5. The number of sulfonamides is 1. The Kier molecular flexibility index (Phi) is 1.97. The molecule has 13 heavy (non-hydrogen) atoms. The van der Waals surface area contributed by atoms with Gasteiger partial charge in [-0.3, -0.25) is 0 Å². The van der Waals surface area contributed by atoms with Gasteiger partial charge in [0.1, 0.15) is 10.7 Å². The van der Waals surface area contributed by atoms with E-state index in [2.05, 4.69) is 25.6 Å². The number of thiophene rings is 1. The van der Waals surface area contributed by atoms with Crippen LogP contribution >= 0.6 is 27.3 Å². The summed E-state index contributed by atoms with van der Waals surface area (Å²) in [5, 5.41) is 4.47. The first-order valence-corrected chi connectivity index (χ1v) is 6.47. The van der Waals surface area contributed by atoms with E-state index in [9.17, 15) is 8.42 Å². The molecule has 1 aromatic rings.